The van der Waals surface area contributed by atoms with Crippen LogP contribution in [0.3, 0.4) is 0 Å². The Bertz CT molecular complexity index is 1270. The smallest absolute Gasteiger partial charge is 0.261 e. The molecule has 0 bridgehead atoms. The first-order valence-corrected chi connectivity index (χ1v) is 9.21. The Kier molecular flexibility index (Phi) is 4.96. The molecule has 1 N–H and O–H groups in total. The molecule has 0 atom stereocenters. The molecular formula is C24H19FN2O2. The summed E-state index contributed by atoms with van der Waals surface area (Å²) >= 11 is 0. The lowest BCUT2D eigenvalue weighted by atomic mass is 10.1. The SMILES string of the molecule is Cc1ccc(NC(=O)c2cc3ccccc3oc2=Nc2ccc(F)cc2)c(C)c1. The van der Waals surface area contributed by atoms with Crippen LogP contribution < -0.4 is 10.9 Å². The Labute approximate surface area is 167 Å². The highest BCUT2D eigenvalue weighted by molar-refractivity contribution is 6.05. The van der Waals surface area contributed by atoms with Gasteiger partial charge in [-0.25, -0.2) is 9.38 Å². The fourth-order valence-electron chi connectivity index (χ4n) is 3.09. The first kappa shape index (κ1) is 18.6. The van der Waals surface area contributed by atoms with E-state index in [9.17, 15) is 9.18 Å². The monoisotopic (exact) mass is 386 g/mol. The number of halogens is 1. The molecule has 29 heavy (non-hydrogen) atoms. The molecule has 1 aromatic heterocycles. The van der Waals surface area contributed by atoms with E-state index in [1.807, 2.05) is 56.3 Å². The maximum absolute atomic E-state index is 13.2. The van der Waals surface area contributed by atoms with Gasteiger partial charge in [0.2, 0.25) is 5.55 Å². The fourth-order valence-corrected chi connectivity index (χ4v) is 3.09. The minimum Gasteiger partial charge on any atom is -0.438 e. The van der Waals surface area contributed by atoms with Gasteiger partial charge >= 0.3 is 0 Å². The number of hydrogen-bond acceptors (Lipinski definition) is 3. The number of nitrogens with one attached hydrogen (secondary N) is 1. The van der Waals surface area contributed by atoms with Crippen LogP contribution in [0.5, 0.6) is 0 Å². The van der Waals surface area contributed by atoms with Crippen molar-refractivity contribution in [2.24, 2.45) is 4.99 Å². The number of para-hydroxylation sites is 1. The zero-order valence-electron chi connectivity index (χ0n) is 16.1. The number of anilines is 1. The Morgan fingerprint density at radius 3 is 2.48 bits per heavy atom. The molecule has 0 aliphatic heterocycles. The zero-order chi connectivity index (χ0) is 20.4. The lowest BCUT2D eigenvalue weighted by Crippen LogP contribution is -2.22. The largest absolute Gasteiger partial charge is 0.438 e. The van der Waals surface area contributed by atoms with E-state index in [0.717, 1.165) is 22.2 Å². The van der Waals surface area contributed by atoms with Gasteiger partial charge in [0, 0.05) is 11.1 Å². The second kappa shape index (κ2) is 7.72. The average molecular weight is 386 g/mol. The minimum atomic E-state index is -0.354. The van der Waals surface area contributed by atoms with Crippen LogP contribution in [0.4, 0.5) is 15.8 Å². The number of aryl methyl sites for hydroxylation is 2. The van der Waals surface area contributed by atoms with Crippen molar-refractivity contribution in [2.45, 2.75) is 13.8 Å². The molecular weight excluding hydrogens is 367 g/mol. The van der Waals surface area contributed by atoms with Gasteiger partial charge in [0.15, 0.2) is 0 Å². The van der Waals surface area contributed by atoms with Gasteiger partial charge in [0.05, 0.1) is 5.69 Å². The topological polar surface area (TPSA) is 54.6 Å². The molecule has 0 radical (unpaired) electrons. The quantitative estimate of drug-likeness (QED) is 0.493. The fraction of sp³-hybridized carbons (Fsp3) is 0.0833. The molecule has 1 amide bonds. The highest BCUT2D eigenvalue weighted by Crippen LogP contribution is 2.19. The van der Waals surface area contributed by atoms with Gasteiger partial charge in [-0.2, -0.15) is 0 Å². The Balaban J connectivity index is 1.83. The van der Waals surface area contributed by atoms with E-state index < -0.39 is 0 Å². The van der Waals surface area contributed by atoms with Crippen LogP contribution in [0.2, 0.25) is 0 Å². The Morgan fingerprint density at radius 1 is 0.966 bits per heavy atom. The van der Waals surface area contributed by atoms with Gasteiger partial charge < -0.3 is 9.73 Å². The highest BCUT2D eigenvalue weighted by atomic mass is 19.1. The summed E-state index contributed by atoms with van der Waals surface area (Å²) in [6.45, 7) is 3.94. The molecule has 0 spiro atoms. The van der Waals surface area contributed by atoms with Gasteiger partial charge in [0.1, 0.15) is 17.0 Å². The van der Waals surface area contributed by atoms with Crippen molar-refractivity contribution in [1.29, 1.82) is 0 Å². The van der Waals surface area contributed by atoms with Crippen molar-refractivity contribution in [3.63, 3.8) is 0 Å². The number of nitrogens with zero attached hydrogens (tertiary/aromatic N) is 1. The van der Waals surface area contributed by atoms with E-state index in [-0.39, 0.29) is 17.3 Å². The molecule has 0 aliphatic rings. The van der Waals surface area contributed by atoms with Crippen LogP contribution in [0.15, 0.2) is 82.2 Å². The van der Waals surface area contributed by atoms with Gasteiger partial charge in [0.25, 0.3) is 5.91 Å². The number of carbonyl (C=O) groups excluding carboxylic acids is 1. The summed E-state index contributed by atoms with van der Waals surface area (Å²) in [5.41, 5.74) is 4.37. The standard InChI is InChI=1S/C24H19FN2O2/c1-15-7-12-21(16(2)13-15)27-23(28)20-14-17-5-3-4-6-22(17)29-24(20)26-19-10-8-18(25)9-11-19/h3-14H,1-2H3,(H,27,28). The molecule has 0 unspecified atom stereocenters. The van der Waals surface area contributed by atoms with E-state index in [1.165, 1.54) is 24.3 Å². The minimum absolute atomic E-state index is 0.164. The van der Waals surface area contributed by atoms with Gasteiger partial charge in [-0.1, -0.05) is 35.9 Å². The van der Waals surface area contributed by atoms with Crippen molar-refractivity contribution in [3.05, 3.63) is 101 Å². The van der Waals surface area contributed by atoms with Crippen molar-refractivity contribution in [3.8, 4) is 0 Å². The maximum Gasteiger partial charge on any atom is 0.261 e. The van der Waals surface area contributed by atoms with Crippen LogP contribution in [0.25, 0.3) is 11.0 Å². The molecule has 5 heteroatoms. The number of carbonyl (C=O) groups is 1. The normalized spacial score (nSPS) is 11.6. The summed E-state index contributed by atoms with van der Waals surface area (Å²) in [5.74, 6) is -0.681. The first-order valence-electron chi connectivity index (χ1n) is 9.21. The molecule has 4 nitrogen and oxygen atoms in total. The number of fused-ring (bicyclic) bond motifs is 1. The van der Waals surface area contributed by atoms with Crippen molar-refractivity contribution >= 4 is 28.3 Å². The maximum atomic E-state index is 13.2. The summed E-state index contributed by atoms with van der Waals surface area (Å²) in [5, 5.41) is 3.72. The second-order valence-corrected chi connectivity index (χ2v) is 6.86. The average Bonchev–Trinajstić information content (AvgIpc) is 2.71. The summed E-state index contributed by atoms with van der Waals surface area (Å²) in [6, 6.07) is 20.7. The number of hydrogen-bond donors (Lipinski definition) is 1. The Hall–Kier alpha value is -3.73. The van der Waals surface area contributed by atoms with E-state index in [1.54, 1.807) is 6.07 Å². The van der Waals surface area contributed by atoms with E-state index in [4.69, 9.17) is 4.42 Å². The van der Waals surface area contributed by atoms with Crippen LogP contribution in [0, 0.1) is 19.7 Å². The number of benzene rings is 3. The zero-order valence-corrected chi connectivity index (χ0v) is 16.1. The van der Waals surface area contributed by atoms with Crippen molar-refractivity contribution in [1.82, 2.24) is 0 Å². The molecule has 4 aromatic rings. The number of rotatable bonds is 3. The number of amides is 1. The second-order valence-electron chi connectivity index (χ2n) is 6.86. The summed E-state index contributed by atoms with van der Waals surface area (Å²) in [7, 11) is 0. The summed E-state index contributed by atoms with van der Waals surface area (Å²) in [6.07, 6.45) is 0. The van der Waals surface area contributed by atoms with Gasteiger partial charge in [-0.15, -0.1) is 0 Å². The molecule has 0 saturated heterocycles. The lowest BCUT2D eigenvalue weighted by molar-refractivity contribution is 0.102. The van der Waals surface area contributed by atoms with Crippen LogP contribution in [-0.2, 0) is 0 Å². The summed E-state index contributed by atoms with van der Waals surface area (Å²) in [4.78, 5) is 17.5. The summed E-state index contributed by atoms with van der Waals surface area (Å²) < 4.78 is 19.1. The third-order valence-corrected chi connectivity index (χ3v) is 4.59. The molecule has 0 fully saturated rings. The van der Waals surface area contributed by atoms with Gasteiger partial charge in [-0.3, -0.25) is 4.79 Å². The third-order valence-electron chi connectivity index (χ3n) is 4.59. The predicted octanol–water partition coefficient (Wildman–Crippen LogP) is 5.67. The molecule has 144 valence electrons. The van der Waals surface area contributed by atoms with E-state index >= 15 is 0 Å². The predicted molar refractivity (Wildman–Crippen MR) is 112 cm³/mol. The highest BCUT2D eigenvalue weighted by Gasteiger charge is 2.14. The molecule has 4 rings (SSSR count). The molecule has 3 aromatic carbocycles. The van der Waals surface area contributed by atoms with Crippen LogP contribution >= 0.6 is 0 Å². The lowest BCUT2D eigenvalue weighted by Gasteiger charge is -2.10. The Morgan fingerprint density at radius 2 is 1.72 bits per heavy atom. The van der Waals surface area contributed by atoms with Crippen molar-refractivity contribution < 1.29 is 13.6 Å². The molecule has 1 heterocycles. The van der Waals surface area contributed by atoms with E-state index in [2.05, 4.69) is 10.3 Å². The van der Waals surface area contributed by atoms with Crippen LogP contribution in [-0.4, -0.2) is 5.91 Å². The first-order chi connectivity index (χ1) is 14.0. The third kappa shape index (κ3) is 4.09. The van der Waals surface area contributed by atoms with Crippen LogP contribution in [0.1, 0.15) is 21.5 Å². The van der Waals surface area contributed by atoms with Crippen molar-refractivity contribution in [2.75, 3.05) is 5.32 Å². The van der Waals surface area contributed by atoms with Gasteiger partial charge in [-0.05, 0) is 61.9 Å². The van der Waals surface area contributed by atoms with E-state index in [0.29, 0.717) is 16.8 Å². The molecule has 0 saturated carbocycles. The molecule has 0 aliphatic carbocycles.